The Labute approximate surface area is 78.3 Å². The van der Waals surface area contributed by atoms with Crippen LogP contribution in [0.1, 0.15) is 20.8 Å². The molecule has 0 aromatic carbocycles. The van der Waals surface area contributed by atoms with Crippen molar-refractivity contribution in [3.8, 4) is 0 Å². The Morgan fingerprint density at radius 1 is 1.31 bits per heavy atom. The van der Waals surface area contributed by atoms with Gasteiger partial charge < -0.3 is 0 Å². The molecular formula is C11H15N2+. The summed E-state index contributed by atoms with van der Waals surface area (Å²) in [6.45, 7) is 6.64. The fourth-order valence-electron chi connectivity index (χ4n) is 1.44. The molecule has 1 unspecified atom stereocenters. The summed E-state index contributed by atoms with van der Waals surface area (Å²) in [5.74, 6) is 0. The summed E-state index contributed by atoms with van der Waals surface area (Å²) in [4.78, 5) is 0. The van der Waals surface area contributed by atoms with Gasteiger partial charge in [-0.2, -0.15) is 0 Å². The molecule has 2 rings (SSSR count). The molecule has 13 heavy (non-hydrogen) atoms. The molecular weight excluding hydrogens is 160 g/mol. The number of pyridine rings is 1. The van der Waals surface area contributed by atoms with Gasteiger partial charge in [0.1, 0.15) is 6.04 Å². The van der Waals surface area contributed by atoms with E-state index < -0.39 is 0 Å². The van der Waals surface area contributed by atoms with Crippen molar-refractivity contribution < 1.29 is 4.36 Å². The molecule has 0 amide bonds. The van der Waals surface area contributed by atoms with Gasteiger partial charge in [-0.25, -0.2) is 0 Å². The molecule has 0 bridgehead atoms. The Morgan fingerprint density at radius 2 is 2.08 bits per heavy atom. The van der Waals surface area contributed by atoms with E-state index in [1.807, 2.05) is 22.7 Å². The van der Waals surface area contributed by atoms with Gasteiger partial charge in [-0.05, 0) is 16.6 Å². The molecule has 1 atom stereocenters. The number of hydrogen-bond donors (Lipinski definition) is 0. The first-order valence-electron chi connectivity index (χ1n) is 4.64. The summed E-state index contributed by atoms with van der Waals surface area (Å²) < 4.78 is 1.95. The molecule has 0 spiro atoms. The lowest BCUT2D eigenvalue weighted by molar-refractivity contribution is -0.560. The average Bonchev–Trinajstić information content (AvgIpc) is 2.45. The van der Waals surface area contributed by atoms with Crippen LogP contribution in [0, 0.1) is 5.41 Å². The molecule has 1 aromatic heterocycles. The zero-order chi connectivity index (χ0) is 9.47. The highest BCUT2D eigenvalue weighted by Gasteiger charge is 2.28. The van der Waals surface area contributed by atoms with Gasteiger partial charge >= 0.3 is 0 Å². The first kappa shape index (κ1) is 8.42. The third kappa shape index (κ3) is 1.48. The summed E-state index contributed by atoms with van der Waals surface area (Å²) >= 11 is 0. The van der Waals surface area contributed by atoms with Crippen molar-refractivity contribution in [1.82, 2.24) is 0 Å². The molecule has 68 valence electrons. The second-order valence-electron chi connectivity index (χ2n) is 4.56. The quantitative estimate of drug-likeness (QED) is 0.528. The van der Waals surface area contributed by atoms with Gasteiger partial charge in [0.15, 0.2) is 0 Å². The Kier molecular flexibility index (Phi) is 1.72. The Bertz CT molecular complexity index is 391. The smallest absolute Gasteiger partial charge is 0.0576 e. The molecule has 0 aliphatic carbocycles. The van der Waals surface area contributed by atoms with Crippen LogP contribution in [0.5, 0.6) is 0 Å². The molecule has 0 radical (unpaired) electrons. The average molecular weight is 175 g/mol. The van der Waals surface area contributed by atoms with E-state index in [9.17, 15) is 0 Å². The van der Waals surface area contributed by atoms with Crippen molar-refractivity contribution in [1.29, 1.82) is 0 Å². The summed E-state index contributed by atoms with van der Waals surface area (Å²) in [5, 5.41) is 5.78. The fourth-order valence-corrected chi connectivity index (χ4v) is 1.44. The van der Waals surface area contributed by atoms with Gasteiger partial charge in [-0.1, -0.05) is 25.1 Å². The first-order valence-corrected chi connectivity index (χ1v) is 4.64. The number of aromatic nitrogens is 1. The largest absolute Gasteiger partial charge is 0.236 e. The van der Waals surface area contributed by atoms with Crippen LogP contribution in [0.15, 0.2) is 29.5 Å². The highest BCUT2D eigenvalue weighted by Crippen LogP contribution is 2.23. The summed E-state index contributed by atoms with van der Waals surface area (Å²) in [6, 6.07) is 6.44. The first-order chi connectivity index (χ1) is 6.07. The van der Waals surface area contributed by atoms with E-state index in [0.717, 1.165) is 0 Å². The van der Waals surface area contributed by atoms with Crippen LogP contribution < -0.4 is 9.71 Å². The van der Waals surface area contributed by atoms with Gasteiger partial charge in [0.2, 0.25) is 11.5 Å². The molecule has 1 aliphatic heterocycles. The lowest BCUT2D eigenvalue weighted by Crippen LogP contribution is -2.32. The van der Waals surface area contributed by atoms with Crippen LogP contribution in [0.25, 0.3) is 6.08 Å². The van der Waals surface area contributed by atoms with Gasteiger partial charge in [0, 0.05) is 18.2 Å². The van der Waals surface area contributed by atoms with Crippen molar-refractivity contribution in [2.45, 2.75) is 26.8 Å². The second kappa shape index (κ2) is 2.66. The van der Waals surface area contributed by atoms with E-state index in [1.165, 1.54) is 5.35 Å². The zero-order valence-corrected chi connectivity index (χ0v) is 8.36. The van der Waals surface area contributed by atoms with Crippen LogP contribution in [-0.4, -0.2) is 6.04 Å². The normalized spacial score (nSPS) is 20.4. The molecule has 2 heterocycles. The molecule has 0 saturated carbocycles. The van der Waals surface area contributed by atoms with E-state index >= 15 is 0 Å². The minimum atomic E-state index is 0.214. The topological polar surface area (TPSA) is 18.3 Å². The van der Waals surface area contributed by atoms with Crippen molar-refractivity contribution >= 4 is 6.08 Å². The van der Waals surface area contributed by atoms with Crippen LogP contribution in [0.2, 0.25) is 0 Å². The lowest BCUT2D eigenvalue weighted by Gasteiger charge is -2.18. The minimum Gasteiger partial charge on any atom is -0.0576 e. The number of rotatable bonds is 0. The minimum absolute atomic E-state index is 0.214. The van der Waals surface area contributed by atoms with Gasteiger partial charge in [-0.15, -0.1) is 0 Å². The predicted molar refractivity (Wildman–Crippen MR) is 51.8 cm³/mol. The SMILES string of the molecule is CC(C)(C)C1C=c2cccc[n+]2=N1. The third-order valence-electron chi connectivity index (χ3n) is 2.33. The van der Waals surface area contributed by atoms with Crippen LogP contribution >= 0.6 is 0 Å². The van der Waals surface area contributed by atoms with E-state index in [0.29, 0.717) is 6.04 Å². The van der Waals surface area contributed by atoms with E-state index in [1.54, 1.807) is 0 Å². The highest BCUT2D eigenvalue weighted by atomic mass is 15.2. The van der Waals surface area contributed by atoms with Gasteiger partial charge in [-0.3, -0.25) is 0 Å². The lowest BCUT2D eigenvalue weighted by atomic mass is 9.87. The third-order valence-corrected chi connectivity index (χ3v) is 2.33. The standard InChI is InChI=1S/C11H15N2/c1-11(2,3)10-8-9-6-4-5-7-13(9)12-10/h4-8,10H,1-3H3/q+1. The molecule has 1 aromatic rings. The van der Waals surface area contributed by atoms with E-state index in [-0.39, 0.29) is 5.41 Å². The number of fused-ring (bicyclic) bond motifs is 1. The molecule has 0 fully saturated rings. The van der Waals surface area contributed by atoms with Crippen molar-refractivity contribution in [2.24, 2.45) is 10.5 Å². The maximum absolute atomic E-state index is 4.58. The highest BCUT2D eigenvalue weighted by molar-refractivity contribution is 5.28. The fraction of sp³-hybridized carbons (Fsp3) is 0.455. The molecule has 0 saturated heterocycles. The Balaban J connectivity index is 2.53. The van der Waals surface area contributed by atoms with Crippen LogP contribution in [0.4, 0.5) is 0 Å². The maximum atomic E-state index is 4.58. The van der Waals surface area contributed by atoms with Crippen LogP contribution in [-0.2, 0) is 0 Å². The molecule has 0 N–H and O–H groups in total. The van der Waals surface area contributed by atoms with Crippen LogP contribution in [0.3, 0.4) is 0 Å². The van der Waals surface area contributed by atoms with E-state index in [2.05, 4.69) is 38.0 Å². The number of nitrogens with zero attached hydrogens (tertiary/aromatic N) is 2. The Hall–Kier alpha value is -1.18. The maximum Gasteiger partial charge on any atom is 0.236 e. The van der Waals surface area contributed by atoms with E-state index in [4.69, 9.17) is 0 Å². The predicted octanol–water partition coefficient (Wildman–Crippen LogP) is 1.21. The molecule has 2 heteroatoms. The van der Waals surface area contributed by atoms with Crippen molar-refractivity contribution in [3.63, 3.8) is 0 Å². The zero-order valence-electron chi connectivity index (χ0n) is 8.36. The summed E-state index contributed by atoms with van der Waals surface area (Å²) in [5.41, 5.74) is 0.214. The van der Waals surface area contributed by atoms with Gasteiger partial charge in [0.25, 0.3) is 0 Å². The summed E-state index contributed by atoms with van der Waals surface area (Å²) in [6.07, 6.45) is 4.22. The van der Waals surface area contributed by atoms with Crippen molar-refractivity contribution in [2.75, 3.05) is 0 Å². The number of hydrogen-bond acceptors (Lipinski definition) is 1. The molecule has 2 nitrogen and oxygen atoms in total. The molecule has 1 aliphatic rings. The summed E-state index contributed by atoms with van der Waals surface area (Å²) in [7, 11) is 0. The monoisotopic (exact) mass is 175 g/mol. The van der Waals surface area contributed by atoms with Gasteiger partial charge in [0.05, 0.1) is 0 Å². The van der Waals surface area contributed by atoms with Crippen molar-refractivity contribution in [3.05, 3.63) is 29.7 Å². The second-order valence-corrected chi connectivity index (χ2v) is 4.56. The Morgan fingerprint density at radius 3 is 2.69 bits per heavy atom.